The summed E-state index contributed by atoms with van der Waals surface area (Å²) in [5.41, 5.74) is 2.26. The normalized spacial score (nSPS) is 31.9. The number of fused-ring (bicyclic) bond motifs is 2. The Morgan fingerprint density at radius 1 is 1.52 bits per heavy atom. The summed E-state index contributed by atoms with van der Waals surface area (Å²) >= 11 is 0. The summed E-state index contributed by atoms with van der Waals surface area (Å²) < 4.78 is 7.70. The Kier molecular flexibility index (Phi) is 3.41. The first-order chi connectivity index (χ1) is 11.0. The highest BCUT2D eigenvalue weighted by Crippen LogP contribution is 2.62. The van der Waals surface area contributed by atoms with Crippen LogP contribution in [0, 0.1) is 18.3 Å². The summed E-state index contributed by atoms with van der Waals surface area (Å²) in [6.07, 6.45) is 7.08. The average Bonchev–Trinajstić information content (AvgIpc) is 2.99. The van der Waals surface area contributed by atoms with E-state index in [9.17, 15) is 4.79 Å². The van der Waals surface area contributed by atoms with Gasteiger partial charge in [-0.25, -0.2) is 4.79 Å². The molecule has 0 unspecified atom stereocenters. The van der Waals surface area contributed by atoms with Crippen molar-refractivity contribution in [2.24, 2.45) is 18.4 Å². The van der Waals surface area contributed by atoms with Crippen molar-refractivity contribution in [3.63, 3.8) is 0 Å². The predicted octanol–water partition coefficient (Wildman–Crippen LogP) is 2.05. The maximum atomic E-state index is 12.5. The van der Waals surface area contributed by atoms with Crippen LogP contribution >= 0.6 is 0 Å². The second-order valence-electron chi connectivity index (χ2n) is 7.49. The number of aromatic nitrogens is 2. The second-order valence-corrected chi connectivity index (χ2v) is 7.49. The van der Waals surface area contributed by atoms with E-state index in [1.165, 1.54) is 19.3 Å². The second kappa shape index (κ2) is 5.23. The Balaban J connectivity index is 1.39. The number of ether oxygens (including phenoxy) is 1. The van der Waals surface area contributed by atoms with Crippen molar-refractivity contribution < 1.29 is 9.53 Å². The van der Waals surface area contributed by atoms with Crippen LogP contribution in [0.2, 0.25) is 0 Å². The summed E-state index contributed by atoms with van der Waals surface area (Å²) in [6, 6.07) is 0.171. The molecular weight excluding hydrogens is 292 g/mol. The highest BCUT2D eigenvalue weighted by atomic mass is 16.5. The van der Waals surface area contributed by atoms with Crippen LogP contribution in [0.4, 0.5) is 4.79 Å². The molecule has 0 radical (unpaired) electrons. The predicted molar refractivity (Wildman–Crippen MR) is 85.9 cm³/mol. The van der Waals surface area contributed by atoms with E-state index in [2.05, 4.69) is 15.7 Å². The molecule has 0 bridgehead atoms. The SMILES string of the molecule is Cc1nn(C)cc1[C@H](C)NC(=O)N[C@@H]1[C@@H]2CCO[C@H]2C12CCC2. The zero-order chi connectivity index (χ0) is 16.2. The Labute approximate surface area is 137 Å². The molecule has 126 valence electrons. The van der Waals surface area contributed by atoms with Gasteiger partial charge in [0.05, 0.1) is 17.8 Å². The molecule has 0 aromatic carbocycles. The lowest BCUT2D eigenvalue weighted by Gasteiger charge is -2.63. The van der Waals surface area contributed by atoms with Crippen LogP contribution in [0.25, 0.3) is 0 Å². The molecule has 2 saturated carbocycles. The van der Waals surface area contributed by atoms with Crippen molar-refractivity contribution in [2.45, 2.75) is 57.7 Å². The van der Waals surface area contributed by atoms with Gasteiger partial charge in [-0.1, -0.05) is 6.42 Å². The number of nitrogens with one attached hydrogen (secondary N) is 2. The van der Waals surface area contributed by atoms with Crippen molar-refractivity contribution in [1.82, 2.24) is 20.4 Å². The molecular formula is C17H26N4O2. The van der Waals surface area contributed by atoms with Crippen LogP contribution in [0.15, 0.2) is 6.20 Å². The molecule has 4 rings (SSSR count). The van der Waals surface area contributed by atoms with Gasteiger partial charge in [0.2, 0.25) is 0 Å². The maximum Gasteiger partial charge on any atom is 0.315 e. The van der Waals surface area contributed by atoms with E-state index in [0.717, 1.165) is 24.3 Å². The third-order valence-electron chi connectivity index (χ3n) is 6.19. The molecule has 2 amide bonds. The van der Waals surface area contributed by atoms with Crippen molar-refractivity contribution in [3.8, 4) is 0 Å². The lowest BCUT2D eigenvalue weighted by atomic mass is 9.46. The van der Waals surface area contributed by atoms with Gasteiger partial charge < -0.3 is 15.4 Å². The fourth-order valence-corrected chi connectivity index (χ4v) is 4.96. The maximum absolute atomic E-state index is 12.5. The molecule has 1 aliphatic heterocycles. The minimum Gasteiger partial charge on any atom is -0.377 e. The summed E-state index contributed by atoms with van der Waals surface area (Å²) in [7, 11) is 1.90. The minimum atomic E-state index is -0.0672. The van der Waals surface area contributed by atoms with E-state index < -0.39 is 0 Å². The van der Waals surface area contributed by atoms with Crippen molar-refractivity contribution in [2.75, 3.05) is 6.61 Å². The van der Waals surface area contributed by atoms with E-state index >= 15 is 0 Å². The molecule has 2 N–H and O–H groups in total. The quantitative estimate of drug-likeness (QED) is 0.896. The molecule has 1 spiro atoms. The number of rotatable bonds is 3. The van der Waals surface area contributed by atoms with Gasteiger partial charge in [0.1, 0.15) is 0 Å². The van der Waals surface area contributed by atoms with Gasteiger partial charge in [0.25, 0.3) is 0 Å². The summed E-state index contributed by atoms with van der Waals surface area (Å²) in [5.74, 6) is 0.511. The summed E-state index contributed by atoms with van der Waals surface area (Å²) in [4.78, 5) is 12.5. The number of amides is 2. The molecule has 23 heavy (non-hydrogen) atoms. The Bertz CT molecular complexity index is 622. The van der Waals surface area contributed by atoms with Gasteiger partial charge in [-0.2, -0.15) is 5.10 Å². The smallest absolute Gasteiger partial charge is 0.315 e. The number of aryl methyl sites for hydroxylation is 2. The number of hydrogen-bond acceptors (Lipinski definition) is 3. The van der Waals surface area contributed by atoms with E-state index in [1.807, 2.05) is 27.1 Å². The highest BCUT2D eigenvalue weighted by molar-refractivity contribution is 5.75. The molecule has 3 aliphatic rings. The number of hydrogen-bond donors (Lipinski definition) is 2. The molecule has 4 atom stereocenters. The number of carbonyl (C=O) groups excluding carboxylic acids is 1. The average molecular weight is 318 g/mol. The van der Waals surface area contributed by atoms with Crippen LogP contribution < -0.4 is 10.6 Å². The molecule has 2 aliphatic carbocycles. The van der Waals surface area contributed by atoms with E-state index in [-0.39, 0.29) is 23.5 Å². The zero-order valence-electron chi connectivity index (χ0n) is 14.1. The molecule has 1 aromatic rings. The number of nitrogens with zero attached hydrogens (tertiary/aromatic N) is 2. The third kappa shape index (κ3) is 2.18. The lowest BCUT2D eigenvalue weighted by molar-refractivity contribution is -0.172. The Morgan fingerprint density at radius 2 is 2.30 bits per heavy atom. The molecule has 1 aromatic heterocycles. The highest BCUT2D eigenvalue weighted by Gasteiger charge is 2.67. The molecule has 2 heterocycles. The van der Waals surface area contributed by atoms with Gasteiger partial charge in [-0.3, -0.25) is 4.68 Å². The van der Waals surface area contributed by atoms with Gasteiger partial charge in [0, 0.05) is 42.8 Å². The van der Waals surface area contributed by atoms with Crippen molar-refractivity contribution in [1.29, 1.82) is 0 Å². The van der Waals surface area contributed by atoms with Gasteiger partial charge >= 0.3 is 6.03 Å². The standard InChI is InChI=1S/C17H26N4O2/c1-10(13-9-21(3)20-11(13)2)18-16(22)19-14-12-5-8-23-15(12)17(14)6-4-7-17/h9-10,12,14-15H,4-8H2,1-3H3,(H2,18,19,22)/t10-,12-,14+,15+/m0/s1. The lowest BCUT2D eigenvalue weighted by Crippen LogP contribution is -2.72. The fraction of sp³-hybridized carbons (Fsp3) is 0.765. The zero-order valence-corrected chi connectivity index (χ0v) is 14.1. The van der Waals surface area contributed by atoms with Gasteiger partial charge in [0.15, 0.2) is 0 Å². The van der Waals surface area contributed by atoms with Crippen LogP contribution in [0.3, 0.4) is 0 Å². The first kappa shape index (κ1) is 15.0. The molecule has 1 saturated heterocycles. The van der Waals surface area contributed by atoms with E-state index in [0.29, 0.717) is 12.0 Å². The minimum absolute atomic E-state index is 0.0447. The van der Waals surface area contributed by atoms with Crippen LogP contribution in [-0.2, 0) is 11.8 Å². The van der Waals surface area contributed by atoms with Gasteiger partial charge in [-0.15, -0.1) is 0 Å². The molecule has 6 heteroatoms. The monoisotopic (exact) mass is 318 g/mol. The summed E-state index contributed by atoms with van der Waals surface area (Å²) in [6.45, 7) is 4.83. The fourth-order valence-electron chi connectivity index (χ4n) is 4.96. The van der Waals surface area contributed by atoms with Gasteiger partial charge in [-0.05, 0) is 33.1 Å². The third-order valence-corrected chi connectivity index (χ3v) is 6.19. The molecule has 3 fully saturated rings. The molecule has 6 nitrogen and oxygen atoms in total. The Hall–Kier alpha value is -1.56. The number of urea groups is 1. The Morgan fingerprint density at radius 3 is 2.91 bits per heavy atom. The summed E-state index contributed by atoms with van der Waals surface area (Å²) in [5, 5.41) is 10.7. The first-order valence-electron chi connectivity index (χ1n) is 8.70. The topological polar surface area (TPSA) is 68.2 Å². The number of carbonyl (C=O) groups is 1. The van der Waals surface area contributed by atoms with E-state index in [4.69, 9.17) is 4.74 Å². The van der Waals surface area contributed by atoms with Crippen LogP contribution in [0.1, 0.15) is 49.9 Å². The largest absolute Gasteiger partial charge is 0.377 e. The van der Waals surface area contributed by atoms with Crippen molar-refractivity contribution in [3.05, 3.63) is 17.5 Å². The van der Waals surface area contributed by atoms with Crippen molar-refractivity contribution >= 4 is 6.03 Å². The van der Waals surface area contributed by atoms with Crippen LogP contribution in [-0.4, -0.2) is 34.6 Å². The van der Waals surface area contributed by atoms with Crippen LogP contribution in [0.5, 0.6) is 0 Å². The van der Waals surface area contributed by atoms with E-state index in [1.54, 1.807) is 4.68 Å². The first-order valence-corrected chi connectivity index (χ1v) is 8.70.